The summed E-state index contributed by atoms with van der Waals surface area (Å²) in [7, 11) is 0. The van der Waals surface area contributed by atoms with E-state index in [0.717, 1.165) is 35.9 Å². The van der Waals surface area contributed by atoms with Crippen molar-refractivity contribution in [2.45, 2.75) is 17.6 Å². The topological polar surface area (TPSA) is 49.8 Å². The SMILES string of the molecule is FC(F)(F)c1cccc(NCCNCCCSc2ccncn2)c1. The monoisotopic (exact) mass is 356 g/mol. The molecule has 1 aromatic carbocycles. The molecule has 0 saturated heterocycles. The summed E-state index contributed by atoms with van der Waals surface area (Å²) in [4.78, 5) is 7.99. The van der Waals surface area contributed by atoms with E-state index in [1.165, 1.54) is 12.4 Å². The van der Waals surface area contributed by atoms with Gasteiger partial charge in [-0.2, -0.15) is 13.2 Å². The summed E-state index contributed by atoms with van der Waals surface area (Å²) < 4.78 is 37.8. The lowest BCUT2D eigenvalue weighted by Crippen LogP contribution is -2.23. The molecule has 2 rings (SSSR count). The van der Waals surface area contributed by atoms with Crippen LogP contribution < -0.4 is 10.6 Å². The van der Waals surface area contributed by atoms with Crippen LogP contribution in [0.25, 0.3) is 0 Å². The number of rotatable bonds is 9. The molecule has 0 fully saturated rings. The Balaban J connectivity index is 1.55. The van der Waals surface area contributed by atoms with Crippen molar-refractivity contribution in [1.29, 1.82) is 0 Å². The molecule has 24 heavy (non-hydrogen) atoms. The van der Waals surface area contributed by atoms with Gasteiger partial charge in [0.2, 0.25) is 0 Å². The van der Waals surface area contributed by atoms with Gasteiger partial charge >= 0.3 is 6.18 Å². The molecule has 8 heteroatoms. The van der Waals surface area contributed by atoms with Crippen molar-refractivity contribution in [1.82, 2.24) is 15.3 Å². The average molecular weight is 356 g/mol. The molecule has 0 amide bonds. The number of thioether (sulfide) groups is 1. The van der Waals surface area contributed by atoms with E-state index < -0.39 is 11.7 Å². The fourth-order valence-electron chi connectivity index (χ4n) is 1.96. The molecule has 0 saturated carbocycles. The van der Waals surface area contributed by atoms with Gasteiger partial charge in [0.15, 0.2) is 0 Å². The first-order valence-corrected chi connectivity index (χ1v) is 8.55. The Morgan fingerprint density at radius 2 is 1.96 bits per heavy atom. The maximum atomic E-state index is 12.6. The number of nitrogens with zero attached hydrogens (tertiary/aromatic N) is 2. The van der Waals surface area contributed by atoms with Crippen LogP contribution in [0.1, 0.15) is 12.0 Å². The zero-order chi connectivity index (χ0) is 17.3. The van der Waals surface area contributed by atoms with Crippen LogP contribution in [-0.2, 0) is 6.18 Å². The van der Waals surface area contributed by atoms with Gasteiger partial charge in [-0.3, -0.25) is 0 Å². The number of hydrogen-bond donors (Lipinski definition) is 2. The van der Waals surface area contributed by atoms with Crippen LogP contribution >= 0.6 is 11.8 Å². The molecule has 2 aromatic rings. The number of alkyl halides is 3. The normalized spacial score (nSPS) is 11.5. The molecule has 130 valence electrons. The van der Waals surface area contributed by atoms with Crippen molar-refractivity contribution >= 4 is 17.4 Å². The van der Waals surface area contributed by atoms with E-state index in [0.29, 0.717) is 18.8 Å². The van der Waals surface area contributed by atoms with Crippen molar-refractivity contribution in [3.05, 3.63) is 48.4 Å². The Hall–Kier alpha value is -1.80. The Morgan fingerprint density at radius 3 is 2.71 bits per heavy atom. The van der Waals surface area contributed by atoms with E-state index in [-0.39, 0.29) is 0 Å². The number of anilines is 1. The second-order valence-electron chi connectivity index (χ2n) is 5.00. The van der Waals surface area contributed by atoms with Crippen LogP contribution in [0.5, 0.6) is 0 Å². The fourth-order valence-corrected chi connectivity index (χ4v) is 2.74. The van der Waals surface area contributed by atoms with Crippen LogP contribution in [0, 0.1) is 0 Å². The molecule has 0 radical (unpaired) electrons. The molecule has 2 N–H and O–H groups in total. The highest BCUT2D eigenvalue weighted by Crippen LogP contribution is 2.30. The molecule has 0 spiro atoms. The lowest BCUT2D eigenvalue weighted by Gasteiger charge is -2.11. The van der Waals surface area contributed by atoms with Crippen LogP contribution in [0.2, 0.25) is 0 Å². The summed E-state index contributed by atoms with van der Waals surface area (Å²) in [6.07, 6.45) is -0.0808. The minimum absolute atomic E-state index is 0.478. The van der Waals surface area contributed by atoms with E-state index in [4.69, 9.17) is 0 Å². The molecule has 0 aliphatic carbocycles. The molecule has 0 aliphatic rings. The van der Waals surface area contributed by atoms with Crippen LogP contribution in [0.3, 0.4) is 0 Å². The van der Waals surface area contributed by atoms with E-state index in [9.17, 15) is 13.2 Å². The highest BCUT2D eigenvalue weighted by molar-refractivity contribution is 7.99. The molecular formula is C16H19F3N4S. The van der Waals surface area contributed by atoms with Crippen LogP contribution in [0.15, 0.2) is 47.9 Å². The third-order valence-corrected chi connectivity index (χ3v) is 4.15. The van der Waals surface area contributed by atoms with Gasteiger partial charge in [0.1, 0.15) is 6.33 Å². The molecule has 4 nitrogen and oxygen atoms in total. The predicted molar refractivity (Wildman–Crippen MR) is 90.2 cm³/mol. The van der Waals surface area contributed by atoms with Crippen LogP contribution in [-0.4, -0.2) is 35.4 Å². The van der Waals surface area contributed by atoms with Crippen molar-refractivity contribution in [2.75, 3.05) is 30.7 Å². The van der Waals surface area contributed by atoms with Gasteiger partial charge in [-0.05, 0) is 37.2 Å². The number of halogens is 3. The molecule has 0 aliphatic heterocycles. The summed E-state index contributed by atoms with van der Waals surface area (Å²) in [6, 6.07) is 7.10. The first-order chi connectivity index (χ1) is 11.6. The van der Waals surface area contributed by atoms with E-state index >= 15 is 0 Å². The fraction of sp³-hybridized carbons (Fsp3) is 0.375. The summed E-state index contributed by atoms with van der Waals surface area (Å²) in [5, 5.41) is 7.20. The number of hydrogen-bond acceptors (Lipinski definition) is 5. The lowest BCUT2D eigenvalue weighted by molar-refractivity contribution is -0.137. The van der Waals surface area contributed by atoms with E-state index in [2.05, 4.69) is 20.6 Å². The summed E-state index contributed by atoms with van der Waals surface area (Å²) in [5.41, 5.74) is -0.159. The summed E-state index contributed by atoms with van der Waals surface area (Å²) >= 11 is 1.67. The maximum absolute atomic E-state index is 12.6. The first kappa shape index (κ1) is 18.5. The zero-order valence-corrected chi connectivity index (χ0v) is 13.8. The van der Waals surface area contributed by atoms with E-state index in [1.54, 1.807) is 24.0 Å². The third kappa shape index (κ3) is 6.76. The summed E-state index contributed by atoms with van der Waals surface area (Å²) in [6.45, 7) is 2.11. The minimum atomic E-state index is -4.31. The molecular weight excluding hydrogens is 337 g/mol. The highest BCUT2D eigenvalue weighted by atomic mass is 32.2. The maximum Gasteiger partial charge on any atom is 0.416 e. The third-order valence-electron chi connectivity index (χ3n) is 3.12. The Bertz CT molecular complexity index is 608. The van der Waals surface area contributed by atoms with Gasteiger partial charge in [-0.25, -0.2) is 9.97 Å². The quantitative estimate of drug-likeness (QED) is 0.408. The molecule has 0 unspecified atom stereocenters. The lowest BCUT2D eigenvalue weighted by atomic mass is 10.2. The van der Waals surface area contributed by atoms with Gasteiger partial charge in [-0.1, -0.05) is 6.07 Å². The summed E-state index contributed by atoms with van der Waals surface area (Å²) in [5.74, 6) is 0.949. The molecule has 0 bridgehead atoms. The second-order valence-corrected chi connectivity index (χ2v) is 6.12. The van der Waals surface area contributed by atoms with Crippen molar-refractivity contribution in [2.24, 2.45) is 0 Å². The minimum Gasteiger partial charge on any atom is -0.384 e. The van der Waals surface area contributed by atoms with Gasteiger partial charge < -0.3 is 10.6 Å². The first-order valence-electron chi connectivity index (χ1n) is 7.56. The van der Waals surface area contributed by atoms with Crippen molar-refractivity contribution < 1.29 is 13.2 Å². The Labute approximate surface area is 143 Å². The number of aromatic nitrogens is 2. The predicted octanol–water partition coefficient (Wildman–Crippen LogP) is 3.68. The molecule has 1 aromatic heterocycles. The zero-order valence-electron chi connectivity index (χ0n) is 13.0. The number of benzene rings is 1. The largest absolute Gasteiger partial charge is 0.416 e. The van der Waals surface area contributed by atoms with Crippen molar-refractivity contribution in [3.8, 4) is 0 Å². The van der Waals surface area contributed by atoms with Gasteiger partial charge in [0, 0.05) is 30.7 Å². The van der Waals surface area contributed by atoms with Crippen molar-refractivity contribution in [3.63, 3.8) is 0 Å². The number of nitrogens with one attached hydrogen (secondary N) is 2. The Morgan fingerprint density at radius 1 is 1.08 bits per heavy atom. The van der Waals surface area contributed by atoms with E-state index in [1.807, 2.05) is 6.07 Å². The second kappa shape index (κ2) is 9.48. The molecule has 1 heterocycles. The molecule has 0 atom stereocenters. The van der Waals surface area contributed by atoms with Gasteiger partial charge in [0.05, 0.1) is 10.6 Å². The van der Waals surface area contributed by atoms with Gasteiger partial charge in [0.25, 0.3) is 0 Å². The highest BCUT2D eigenvalue weighted by Gasteiger charge is 2.30. The van der Waals surface area contributed by atoms with Gasteiger partial charge in [-0.15, -0.1) is 11.8 Å². The smallest absolute Gasteiger partial charge is 0.384 e. The van der Waals surface area contributed by atoms with Crippen LogP contribution in [0.4, 0.5) is 18.9 Å². The average Bonchev–Trinajstić information content (AvgIpc) is 2.58. The standard InChI is InChI=1S/C16H19F3N4S/c17-16(18,19)13-3-1-4-14(11-13)22-9-8-20-6-2-10-24-15-5-7-21-12-23-15/h1,3-5,7,11-12,20,22H,2,6,8-10H2. The Kier molecular flexibility index (Phi) is 7.33.